The number of sulfone groups is 1. The van der Waals surface area contributed by atoms with E-state index in [0.717, 1.165) is 5.56 Å². The molecule has 0 aliphatic rings. The fraction of sp³-hybridized carbons (Fsp3) is 0.217. The minimum absolute atomic E-state index is 0.175. The maximum Gasteiger partial charge on any atom is 0.263 e. The van der Waals surface area contributed by atoms with Crippen molar-refractivity contribution in [3.05, 3.63) is 71.7 Å². The Balaban J connectivity index is 1.69. The molecule has 1 atom stereocenters. The Morgan fingerprint density at radius 3 is 2.47 bits per heavy atom. The predicted molar refractivity (Wildman–Crippen MR) is 128 cm³/mol. The molecule has 176 valence electrons. The molecular weight excluding hydrogens is 456 g/mol. The number of anilines is 3. The number of rotatable bonds is 8. The molecule has 34 heavy (non-hydrogen) atoms. The normalized spacial score (nSPS) is 12.4. The number of aliphatic hydroxyl groups is 1. The lowest BCUT2D eigenvalue weighted by molar-refractivity contribution is 0.276. The van der Waals surface area contributed by atoms with Crippen molar-refractivity contribution in [3.8, 4) is 11.5 Å². The third-order valence-electron chi connectivity index (χ3n) is 5.07. The molecule has 0 unspecified atom stereocenters. The summed E-state index contributed by atoms with van der Waals surface area (Å²) in [6.45, 7) is 3.26. The topological polar surface area (TPSA) is 143 Å². The summed E-state index contributed by atoms with van der Waals surface area (Å²) >= 11 is 0. The number of nitrogens with zero attached hydrogens (tertiary/aromatic N) is 4. The maximum atomic E-state index is 11.9. The first kappa shape index (κ1) is 23.3. The largest absolute Gasteiger partial charge is 0.394 e. The minimum atomic E-state index is -3.32. The molecule has 2 heterocycles. The molecule has 0 bridgehead atoms. The smallest absolute Gasteiger partial charge is 0.263 e. The predicted octanol–water partition coefficient (Wildman–Crippen LogP) is 3.44. The van der Waals surface area contributed by atoms with Crippen LogP contribution in [0.4, 0.5) is 17.5 Å². The van der Waals surface area contributed by atoms with Gasteiger partial charge in [0.05, 0.1) is 17.5 Å². The average Bonchev–Trinajstić information content (AvgIpc) is 3.23. The van der Waals surface area contributed by atoms with Crippen molar-refractivity contribution in [2.75, 3.05) is 23.5 Å². The van der Waals surface area contributed by atoms with Crippen LogP contribution in [0.5, 0.6) is 0 Å². The molecule has 0 radical (unpaired) electrons. The Morgan fingerprint density at radius 1 is 1.09 bits per heavy atom. The van der Waals surface area contributed by atoms with Crippen molar-refractivity contribution in [1.82, 2.24) is 20.1 Å². The summed E-state index contributed by atoms with van der Waals surface area (Å²) in [5.41, 5.74) is 2.58. The van der Waals surface area contributed by atoms with Gasteiger partial charge in [-0.15, -0.1) is 0 Å². The molecule has 0 aliphatic carbocycles. The van der Waals surface area contributed by atoms with Crippen molar-refractivity contribution < 1.29 is 18.0 Å². The standard InChI is InChI=1S/C23H24N6O4S/c1-14-11-17(9-10-20(14)34(3,31)32)26-23-24-12-18(22-25-15(2)29-33-22)21(28-23)27-19(13-30)16-7-5-4-6-8-16/h4-12,19,30H,13H2,1-3H3,(H2,24,26,27,28)/t19-/m1/s1. The number of hydrogen-bond acceptors (Lipinski definition) is 10. The summed E-state index contributed by atoms with van der Waals surface area (Å²) in [6, 6.07) is 13.9. The van der Waals surface area contributed by atoms with Gasteiger partial charge in [-0.2, -0.15) is 9.97 Å². The summed E-state index contributed by atoms with van der Waals surface area (Å²) in [7, 11) is -3.32. The fourth-order valence-electron chi connectivity index (χ4n) is 3.47. The van der Waals surface area contributed by atoms with Gasteiger partial charge in [0.25, 0.3) is 5.89 Å². The maximum absolute atomic E-state index is 11.9. The van der Waals surface area contributed by atoms with Crippen LogP contribution in [0.25, 0.3) is 11.5 Å². The zero-order chi connectivity index (χ0) is 24.3. The van der Waals surface area contributed by atoms with E-state index in [4.69, 9.17) is 4.52 Å². The zero-order valence-corrected chi connectivity index (χ0v) is 19.7. The number of nitrogens with one attached hydrogen (secondary N) is 2. The minimum Gasteiger partial charge on any atom is -0.394 e. The summed E-state index contributed by atoms with van der Waals surface area (Å²) in [5.74, 6) is 1.35. The van der Waals surface area contributed by atoms with Gasteiger partial charge in [0.1, 0.15) is 11.4 Å². The molecule has 0 saturated carbocycles. The van der Waals surface area contributed by atoms with E-state index in [0.29, 0.717) is 28.5 Å². The fourth-order valence-corrected chi connectivity index (χ4v) is 4.43. The van der Waals surface area contributed by atoms with Crippen molar-refractivity contribution in [2.24, 2.45) is 0 Å². The second-order valence-electron chi connectivity index (χ2n) is 7.77. The van der Waals surface area contributed by atoms with E-state index in [-0.39, 0.29) is 23.3 Å². The molecule has 4 rings (SSSR count). The third kappa shape index (κ3) is 5.21. The molecule has 0 aliphatic heterocycles. The highest BCUT2D eigenvalue weighted by molar-refractivity contribution is 7.90. The zero-order valence-electron chi connectivity index (χ0n) is 18.8. The molecule has 0 fully saturated rings. The molecule has 0 saturated heterocycles. The van der Waals surface area contributed by atoms with Crippen molar-refractivity contribution in [1.29, 1.82) is 0 Å². The molecule has 10 nitrogen and oxygen atoms in total. The lowest BCUT2D eigenvalue weighted by Crippen LogP contribution is -2.17. The number of aliphatic hydroxyl groups excluding tert-OH is 1. The molecule has 4 aromatic rings. The molecule has 2 aromatic heterocycles. The van der Waals surface area contributed by atoms with E-state index in [1.165, 1.54) is 6.26 Å². The van der Waals surface area contributed by atoms with E-state index < -0.39 is 15.9 Å². The lowest BCUT2D eigenvalue weighted by Gasteiger charge is -2.19. The van der Waals surface area contributed by atoms with Gasteiger partial charge in [-0.1, -0.05) is 35.5 Å². The number of aromatic nitrogens is 4. The Labute approximate surface area is 197 Å². The molecule has 3 N–H and O–H groups in total. The summed E-state index contributed by atoms with van der Waals surface area (Å²) in [4.78, 5) is 13.5. The molecule has 11 heteroatoms. The first-order valence-corrected chi connectivity index (χ1v) is 12.3. The van der Waals surface area contributed by atoms with Gasteiger partial charge in [0.15, 0.2) is 15.7 Å². The number of hydrogen-bond donors (Lipinski definition) is 3. The van der Waals surface area contributed by atoms with E-state index in [2.05, 4.69) is 30.7 Å². The third-order valence-corrected chi connectivity index (χ3v) is 6.33. The lowest BCUT2D eigenvalue weighted by atomic mass is 10.1. The molecule has 2 aromatic carbocycles. The molecule has 0 amide bonds. The van der Waals surface area contributed by atoms with Crippen LogP contribution in [0.15, 0.2) is 64.1 Å². The highest BCUT2D eigenvalue weighted by atomic mass is 32.2. The van der Waals surface area contributed by atoms with Crippen LogP contribution in [0, 0.1) is 13.8 Å². The Hall–Kier alpha value is -3.83. The van der Waals surface area contributed by atoms with Crippen LogP contribution in [0.2, 0.25) is 0 Å². The van der Waals surface area contributed by atoms with Crippen LogP contribution in [0.3, 0.4) is 0 Å². The van der Waals surface area contributed by atoms with Crippen molar-refractivity contribution in [3.63, 3.8) is 0 Å². The average molecular weight is 481 g/mol. The monoisotopic (exact) mass is 480 g/mol. The highest BCUT2D eigenvalue weighted by Gasteiger charge is 2.19. The summed E-state index contributed by atoms with van der Waals surface area (Å²) in [6.07, 6.45) is 2.72. The second-order valence-corrected chi connectivity index (χ2v) is 9.75. The number of benzene rings is 2. The molecular formula is C23H24N6O4S. The molecule has 0 spiro atoms. The highest BCUT2D eigenvalue weighted by Crippen LogP contribution is 2.30. The van der Waals surface area contributed by atoms with E-state index in [1.54, 1.807) is 38.2 Å². The summed E-state index contributed by atoms with van der Waals surface area (Å²) in [5, 5.41) is 20.2. The van der Waals surface area contributed by atoms with Crippen LogP contribution in [0.1, 0.15) is 23.0 Å². The van der Waals surface area contributed by atoms with E-state index >= 15 is 0 Å². The van der Waals surface area contributed by atoms with Gasteiger partial charge in [0.2, 0.25) is 5.95 Å². The summed E-state index contributed by atoms with van der Waals surface area (Å²) < 4.78 is 29.1. The van der Waals surface area contributed by atoms with Crippen LogP contribution in [-0.4, -0.2) is 46.5 Å². The van der Waals surface area contributed by atoms with Gasteiger partial charge in [-0.3, -0.25) is 0 Å². The quantitative estimate of drug-likeness (QED) is 0.343. The van der Waals surface area contributed by atoms with Gasteiger partial charge < -0.3 is 20.3 Å². The van der Waals surface area contributed by atoms with Gasteiger partial charge >= 0.3 is 0 Å². The second kappa shape index (κ2) is 9.57. The SMILES string of the molecule is Cc1noc(-c2cnc(Nc3ccc(S(C)(=O)=O)c(C)c3)nc2N[C@H](CO)c2ccccc2)n1. The Kier molecular flexibility index (Phi) is 6.57. The Bertz CT molecular complexity index is 1410. The van der Waals surface area contributed by atoms with Gasteiger partial charge in [-0.05, 0) is 43.2 Å². The van der Waals surface area contributed by atoms with Gasteiger partial charge in [-0.25, -0.2) is 13.4 Å². The van der Waals surface area contributed by atoms with Crippen LogP contribution >= 0.6 is 0 Å². The van der Waals surface area contributed by atoms with Gasteiger partial charge in [0, 0.05) is 18.1 Å². The van der Waals surface area contributed by atoms with E-state index in [1.807, 2.05) is 30.3 Å². The first-order valence-electron chi connectivity index (χ1n) is 10.4. The van der Waals surface area contributed by atoms with Crippen molar-refractivity contribution in [2.45, 2.75) is 24.8 Å². The number of aryl methyl sites for hydroxylation is 2. The van der Waals surface area contributed by atoms with Crippen LogP contribution in [-0.2, 0) is 9.84 Å². The first-order chi connectivity index (χ1) is 16.2. The van der Waals surface area contributed by atoms with Crippen molar-refractivity contribution >= 4 is 27.3 Å². The van der Waals surface area contributed by atoms with E-state index in [9.17, 15) is 13.5 Å². The Morgan fingerprint density at radius 2 is 1.85 bits per heavy atom. The van der Waals surface area contributed by atoms with Crippen LogP contribution < -0.4 is 10.6 Å².